The fraction of sp³-hybridized carbons (Fsp3) is 0.632. The van der Waals surface area contributed by atoms with Crippen LogP contribution >= 0.6 is 11.3 Å². The number of nitrogens with zero attached hydrogens (tertiary/aromatic N) is 3. The first-order valence-corrected chi connectivity index (χ1v) is 9.97. The van der Waals surface area contributed by atoms with Gasteiger partial charge in [0.1, 0.15) is 0 Å². The number of imidazole rings is 1. The van der Waals surface area contributed by atoms with Crippen LogP contribution < -0.4 is 0 Å². The van der Waals surface area contributed by atoms with E-state index >= 15 is 0 Å². The topological polar surface area (TPSA) is 63.9 Å². The second kappa shape index (κ2) is 6.08. The third kappa shape index (κ3) is 3.37. The molecule has 26 heavy (non-hydrogen) atoms. The van der Waals surface area contributed by atoms with Crippen LogP contribution in [0.1, 0.15) is 45.7 Å². The van der Waals surface area contributed by atoms with Crippen LogP contribution in [0.2, 0.25) is 0 Å². The zero-order valence-electron chi connectivity index (χ0n) is 15.5. The minimum atomic E-state index is -0.405. The molecule has 0 N–H and O–H groups in total. The van der Waals surface area contributed by atoms with Crippen molar-refractivity contribution in [1.82, 2.24) is 14.3 Å². The van der Waals surface area contributed by atoms with Crippen LogP contribution in [0.5, 0.6) is 0 Å². The fourth-order valence-corrected chi connectivity index (χ4v) is 5.76. The van der Waals surface area contributed by atoms with Crippen LogP contribution in [-0.4, -0.2) is 45.4 Å². The number of aromatic nitrogens is 2. The molecule has 7 heteroatoms. The van der Waals surface area contributed by atoms with Crippen LogP contribution in [0.25, 0.3) is 4.96 Å². The van der Waals surface area contributed by atoms with Crippen molar-refractivity contribution < 1.29 is 14.3 Å². The van der Waals surface area contributed by atoms with Crippen LogP contribution in [0.15, 0.2) is 17.8 Å². The summed E-state index contributed by atoms with van der Waals surface area (Å²) in [5.74, 6) is -0.478. The van der Waals surface area contributed by atoms with Gasteiger partial charge in [-0.3, -0.25) is 14.0 Å². The average molecular weight is 375 g/mol. The number of ether oxygens (including phenoxy) is 1. The van der Waals surface area contributed by atoms with Gasteiger partial charge >= 0.3 is 5.97 Å². The van der Waals surface area contributed by atoms with Gasteiger partial charge in [0.15, 0.2) is 11.6 Å². The van der Waals surface area contributed by atoms with Gasteiger partial charge in [0, 0.05) is 30.4 Å². The van der Waals surface area contributed by atoms with E-state index in [1.165, 1.54) is 11.3 Å². The highest BCUT2D eigenvalue weighted by Gasteiger charge is 2.50. The second-order valence-corrected chi connectivity index (χ2v) is 9.77. The minimum absolute atomic E-state index is 0.0735. The van der Waals surface area contributed by atoms with Gasteiger partial charge in [-0.2, -0.15) is 0 Å². The fourth-order valence-electron chi connectivity index (χ4n) is 5.04. The van der Waals surface area contributed by atoms with Gasteiger partial charge in [-0.25, -0.2) is 4.98 Å². The van der Waals surface area contributed by atoms with Crippen LogP contribution in [0.4, 0.5) is 0 Å². The number of amides is 1. The van der Waals surface area contributed by atoms with Crippen LogP contribution in [-0.2, 0) is 20.7 Å². The first kappa shape index (κ1) is 17.5. The lowest BCUT2D eigenvalue weighted by molar-refractivity contribution is -0.152. The minimum Gasteiger partial charge on any atom is -0.455 e. The van der Waals surface area contributed by atoms with E-state index in [0.29, 0.717) is 5.69 Å². The molecular formula is C19H25N3O3S. The van der Waals surface area contributed by atoms with Crippen molar-refractivity contribution in [2.45, 2.75) is 52.5 Å². The predicted molar refractivity (Wildman–Crippen MR) is 99.0 cm³/mol. The summed E-state index contributed by atoms with van der Waals surface area (Å²) in [4.78, 5) is 31.9. The monoisotopic (exact) mass is 375 g/mol. The third-order valence-electron chi connectivity index (χ3n) is 5.56. The van der Waals surface area contributed by atoms with Crippen molar-refractivity contribution in [3.8, 4) is 0 Å². The Balaban J connectivity index is 1.32. The summed E-state index contributed by atoms with van der Waals surface area (Å²) in [6.07, 6.45) is 7.03. The number of likely N-dealkylation sites (tertiary alicyclic amines) is 1. The maximum Gasteiger partial charge on any atom is 0.312 e. The van der Waals surface area contributed by atoms with E-state index in [1.54, 1.807) is 0 Å². The molecule has 0 spiro atoms. The zero-order chi connectivity index (χ0) is 18.5. The molecule has 0 aromatic carbocycles. The van der Waals surface area contributed by atoms with E-state index in [4.69, 9.17) is 4.74 Å². The molecule has 2 unspecified atom stereocenters. The Hall–Kier alpha value is -1.89. The van der Waals surface area contributed by atoms with Gasteiger partial charge in [0.2, 0.25) is 0 Å². The SMILES string of the molecule is CC1(C)CC2CC(C)(CN2C(=O)COC(=O)Cc2cn3ccsc3n2)C1. The van der Waals surface area contributed by atoms with E-state index in [1.807, 2.05) is 27.1 Å². The molecule has 1 aliphatic carbocycles. The molecule has 6 nitrogen and oxygen atoms in total. The number of esters is 1. The molecule has 2 fully saturated rings. The summed E-state index contributed by atoms with van der Waals surface area (Å²) in [5, 5.41) is 1.94. The summed E-state index contributed by atoms with van der Waals surface area (Å²) in [6, 6.07) is 0.273. The molecule has 2 atom stereocenters. The van der Waals surface area contributed by atoms with Crippen molar-refractivity contribution in [1.29, 1.82) is 0 Å². The highest BCUT2D eigenvalue weighted by Crippen LogP contribution is 2.52. The Morgan fingerprint density at radius 2 is 2.15 bits per heavy atom. The summed E-state index contributed by atoms with van der Waals surface area (Å²) in [7, 11) is 0. The number of hydrogen-bond donors (Lipinski definition) is 0. The molecule has 2 aliphatic rings. The number of fused-ring (bicyclic) bond motifs is 3. The maximum absolute atomic E-state index is 12.6. The molecule has 1 saturated carbocycles. The highest BCUT2D eigenvalue weighted by atomic mass is 32.1. The molecule has 2 aromatic rings. The number of carbonyl (C=O) groups excluding carboxylic acids is 2. The molecule has 1 aliphatic heterocycles. The predicted octanol–water partition coefficient (Wildman–Crippen LogP) is 2.91. The number of hydrogen-bond acceptors (Lipinski definition) is 5. The first-order valence-electron chi connectivity index (χ1n) is 9.09. The third-order valence-corrected chi connectivity index (χ3v) is 6.33. The van der Waals surface area contributed by atoms with Crippen molar-refractivity contribution in [3.63, 3.8) is 0 Å². The van der Waals surface area contributed by atoms with Crippen molar-refractivity contribution in [2.75, 3.05) is 13.2 Å². The summed E-state index contributed by atoms with van der Waals surface area (Å²) >= 11 is 1.52. The van der Waals surface area contributed by atoms with Gasteiger partial charge in [-0.05, 0) is 30.1 Å². The largest absolute Gasteiger partial charge is 0.455 e. The quantitative estimate of drug-likeness (QED) is 0.771. The molecule has 3 heterocycles. The Morgan fingerprint density at radius 1 is 1.35 bits per heavy atom. The summed E-state index contributed by atoms with van der Waals surface area (Å²) < 4.78 is 7.13. The second-order valence-electron chi connectivity index (χ2n) is 8.90. The lowest BCUT2D eigenvalue weighted by atomic mass is 9.65. The van der Waals surface area contributed by atoms with Crippen molar-refractivity contribution >= 4 is 28.2 Å². The normalized spacial score (nSPS) is 27.0. The van der Waals surface area contributed by atoms with Gasteiger partial charge in [-0.1, -0.05) is 20.8 Å². The van der Waals surface area contributed by atoms with E-state index < -0.39 is 5.97 Å². The lowest BCUT2D eigenvalue weighted by Gasteiger charge is -2.39. The lowest BCUT2D eigenvalue weighted by Crippen LogP contribution is -2.40. The van der Waals surface area contributed by atoms with Crippen molar-refractivity contribution in [3.05, 3.63) is 23.5 Å². The highest BCUT2D eigenvalue weighted by molar-refractivity contribution is 7.15. The average Bonchev–Trinajstić information content (AvgIpc) is 3.15. The summed E-state index contributed by atoms with van der Waals surface area (Å²) in [6.45, 7) is 7.43. The zero-order valence-corrected chi connectivity index (χ0v) is 16.3. The smallest absolute Gasteiger partial charge is 0.312 e. The molecule has 2 aromatic heterocycles. The Labute approximate surface area is 157 Å². The molecule has 2 bridgehead atoms. The van der Waals surface area contributed by atoms with Gasteiger partial charge in [0.05, 0.1) is 12.1 Å². The van der Waals surface area contributed by atoms with Gasteiger partial charge in [-0.15, -0.1) is 11.3 Å². The molecule has 4 rings (SSSR count). The Kier molecular flexibility index (Phi) is 4.10. The number of rotatable bonds is 4. The van der Waals surface area contributed by atoms with E-state index in [9.17, 15) is 9.59 Å². The molecular weight excluding hydrogens is 350 g/mol. The maximum atomic E-state index is 12.6. The van der Waals surface area contributed by atoms with E-state index in [0.717, 1.165) is 30.8 Å². The Morgan fingerprint density at radius 3 is 2.92 bits per heavy atom. The first-order chi connectivity index (χ1) is 12.2. The van der Waals surface area contributed by atoms with Gasteiger partial charge < -0.3 is 9.64 Å². The molecule has 1 saturated heterocycles. The summed E-state index contributed by atoms with van der Waals surface area (Å²) in [5.41, 5.74) is 1.12. The number of carbonyl (C=O) groups is 2. The van der Waals surface area contributed by atoms with Crippen molar-refractivity contribution in [2.24, 2.45) is 10.8 Å². The van der Waals surface area contributed by atoms with Crippen LogP contribution in [0.3, 0.4) is 0 Å². The van der Waals surface area contributed by atoms with E-state index in [-0.39, 0.29) is 35.8 Å². The number of thiazole rings is 1. The van der Waals surface area contributed by atoms with Crippen LogP contribution in [0, 0.1) is 10.8 Å². The standard InChI is InChI=1S/C19H25N3O3S/c1-18(2)7-14-8-19(3,11-18)12-22(14)15(23)10-25-16(24)6-13-9-21-4-5-26-17(21)20-13/h4-5,9,14H,6-8,10-12H2,1-3H3. The molecule has 140 valence electrons. The van der Waals surface area contributed by atoms with Gasteiger partial charge in [0.25, 0.3) is 5.91 Å². The molecule has 1 amide bonds. The Bertz CT molecular complexity index is 827. The van der Waals surface area contributed by atoms with E-state index in [2.05, 4.69) is 25.8 Å². The molecule has 0 radical (unpaired) electrons.